The normalized spacial score (nSPS) is 10.9. The van der Waals surface area contributed by atoms with Crippen molar-refractivity contribution in [1.29, 1.82) is 0 Å². The van der Waals surface area contributed by atoms with Gasteiger partial charge in [0.1, 0.15) is 0 Å². The zero-order valence-corrected chi connectivity index (χ0v) is 14.5. The molecule has 0 fully saturated rings. The molecule has 0 spiro atoms. The van der Waals surface area contributed by atoms with Gasteiger partial charge in [0.2, 0.25) is 15.9 Å². The Bertz CT molecular complexity index is 907. The van der Waals surface area contributed by atoms with Gasteiger partial charge < -0.3 is 5.32 Å². The number of hydrogen-bond acceptors (Lipinski definition) is 3. The van der Waals surface area contributed by atoms with E-state index in [-0.39, 0.29) is 17.3 Å². The minimum absolute atomic E-state index is 0.174. The van der Waals surface area contributed by atoms with Crippen molar-refractivity contribution in [3.63, 3.8) is 0 Å². The topological polar surface area (TPSA) is 75.3 Å². The fourth-order valence-corrected chi connectivity index (χ4v) is 2.64. The van der Waals surface area contributed by atoms with Crippen molar-refractivity contribution in [2.24, 2.45) is 0 Å². The zero-order valence-electron chi connectivity index (χ0n) is 13.7. The van der Waals surface area contributed by atoms with Gasteiger partial charge in [-0.25, -0.2) is 13.1 Å². The molecule has 5 nitrogen and oxygen atoms in total. The molecule has 0 aliphatic carbocycles. The molecular formula is C19H18N2O3S. The van der Waals surface area contributed by atoms with E-state index in [2.05, 4.69) is 21.9 Å². The highest BCUT2D eigenvalue weighted by Gasteiger charge is 2.09. The Labute approximate surface area is 147 Å². The second-order valence-electron chi connectivity index (χ2n) is 5.00. The standard InChI is InChI=1S/C19H18N2O3S/c1-20-25(23,24)18-12-9-17(10-13-18)11-14-19(22)21-15-5-8-16-6-3-2-4-7-16/h2-4,6-7,9-14,20H,15H2,1H3,(H,21,22)/b14-11+. The lowest BCUT2D eigenvalue weighted by molar-refractivity contribution is -0.116. The smallest absolute Gasteiger partial charge is 0.244 e. The molecule has 2 aromatic rings. The van der Waals surface area contributed by atoms with E-state index in [9.17, 15) is 13.2 Å². The van der Waals surface area contributed by atoms with E-state index in [4.69, 9.17) is 0 Å². The number of amides is 1. The summed E-state index contributed by atoms with van der Waals surface area (Å²) in [6.07, 6.45) is 2.99. The van der Waals surface area contributed by atoms with E-state index < -0.39 is 10.0 Å². The lowest BCUT2D eigenvalue weighted by atomic mass is 10.2. The fraction of sp³-hybridized carbons (Fsp3) is 0.105. The van der Waals surface area contributed by atoms with Crippen LogP contribution in [-0.4, -0.2) is 27.9 Å². The summed E-state index contributed by atoms with van der Waals surface area (Å²) in [5, 5.41) is 2.66. The third kappa shape index (κ3) is 5.92. The first-order valence-corrected chi connectivity index (χ1v) is 9.03. The largest absolute Gasteiger partial charge is 0.342 e. The number of carbonyl (C=O) groups is 1. The molecule has 0 saturated heterocycles. The van der Waals surface area contributed by atoms with Crippen LogP contribution >= 0.6 is 0 Å². The van der Waals surface area contributed by atoms with E-state index in [1.807, 2.05) is 30.3 Å². The van der Waals surface area contributed by atoms with Crippen molar-refractivity contribution < 1.29 is 13.2 Å². The Morgan fingerprint density at radius 3 is 2.40 bits per heavy atom. The van der Waals surface area contributed by atoms with Gasteiger partial charge in [-0.15, -0.1) is 0 Å². The maximum atomic E-state index is 11.7. The van der Waals surface area contributed by atoms with Crippen molar-refractivity contribution in [3.05, 3.63) is 71.8 Å². The Hall–Kier alpha value is -2.88. The fourth-order valence-electron chi connectivity index (χ4n) is 1.91. The molecule has 0 bridgehead atoms. The summed E-state index contributed by atoms with van der Waals surface area (Å²) in [5.74, 6) is 5.55. The Morgan fingerprint density at radius 2 is 1.76 bits per heavy atom. The predicted molar refractivity (Wildman–Crippen MR) is 98.1 cm³/mol. The first-order chi connectivity index (χ1) is 12.0. The van der Waals surface area contributed by atoms with E-state index in [0.29, 0.717) is 0 Å². The van der Waals surface area contributed by atoms with Crippen molar-refractivity contribution in [1.82, 2.24) is 10.0 Å². The molecule has 2 rings (SSSR count). The van der Waals surface area contributed by atoms with Crippen molar-refractivity contribution in [2.75, 3.05) is 13.6 Å². The van der Waals surface area contributed by atoms with Gasteiger partial charge in [0, 0.05) is 11.6 Å². The van der Waals surface area contributed by atoms with Crippen LogP contribution < -0.4 is 10.0 Å². The molecule has 0 atom stereocenters. The predicted octanol–water partition coefficient (Wildman–Crippen LogP) is 1.78. The molecule has 0 heterocycles. The van der Waals surface area contributed by atoms with Crippen molar-refractivity contribution in [3.8, 4) is 11.8 Å². The summed E-state index contributed by atoms with van der Waals surface area (Å²) in [5.41, 5.74) is 1.62. The van der Waals surface area contributed by atoms with Crippen LogP contribution in [0.5, 0.6) is 0 Å². The lowest BCUT2D eigenvalue weighted by Gasteiger charge is -2.02. The van der Waals surface area contributed by atoms with Crippen LogP contribution in [0.4, 0.5) is 0 Å². The highest BCUT2D eigenvalue weighted by molar-refractivity contribution is 7.89. The highest BCUT2D eigenvalue weighted by Crippen LogP contribution is 2.11. The van der Waals surface area contributed by atoms with Crippen LogP contribution in [0, 0.1) is 11.8 Å². The molecule has 0 aromatic heterocycles. The van der Waals surface area contributed by atoms with Gasteiger partial charge in [-0.2, -0.15) is 0 Å². The van der Waals surface area contributed by atoms with E-state index >= 15 is 0 Å². The number of sulfonamides is 1. The number of hydrogen-bond donors (Lipinski definition) is 2. The minimum atomic E-state index is -3.45. The monoisotopic (exact) mass is 354 g/mol. The van der Waals surface area contributed by atoms with Crippen LogP contribution in [0.1, 0.15) is 11.1 Å². The maximum absolute atomic E-state index is 11.7. The highest BCUT2D eigenvalue weighted by atomic mass is 32.2. The molecular weight excluding hydrogens is 336 g/mol. The number of benzene rings is 2. The average Bonchev–Trinajstić information content (AvgIpc) is 2.65. The molecule has 0 aliphatic heterocycles. The van der Waals surface area contributed by atoms with E-state index in [1.54, 1.807) is 18.2 Å². The molecule has 2 aromatic carbocycles. The molecule has 6 heteroatoms. The third-order valence-electron chi connectivity index (χ3n) is 3.24. The Kier molecular flexibility index (Phi) is 6.52. The summed E-state index contributed by atoms with van der Waals surface area (Å²) in [6.45, 7) is 0.247. The SMILES string of the molecule is CNS(=O)(=O)c1ccc(/C=C/C(=O)NCC#Cc2ccccc2)cc1. The maximum Gasteiger partial charge on any atom is 0.244 e. The number of carbonyl (C=O) groups excluding carboxylic acids is 1. The van der Waals surface area contributed by atoms with Gasteiger partial charge in [0.15, 0.2) is 0 Å². The van der Waals surface area contributed by atoms with Crippen LogP contribution in [0.15, 0.2) is 65.6 Å². The second-order valence-corrected chi connectivity index (χ2v) is 6.88. The Balaban J connectivity index is 1.87. The molecule has 128 valence electrons. The first-order valence-electron chi connectivity index (χ1n) is 7.55. The van der Waals surface area contributed by atoms with Gasteiger partial charge in [0.05, 0.1) is 11.4 Å². The second kappa shape index (κ2) is 8.83. The molecule has 0 saturated carbocycles. The van der Waals surface area contributed by atoms with Crippen molar-refractivity contribution >= 4 is 22.0 Å². The molecule has 0 aliphatic rings. The molecule has 0 unspecified atom stereocenters. The van der Waals surface area contributed by atoms with Crippen molar-refractivity contribution in [2.45, 2.75) is 4.90 Å². The van der Waals surface area contributed by atoms with Gasteiger partial charge >= 0.3 is 0 Å². The quantitative estimate of drug-likeness (QED) is 0.635. The molecule has 0 radical (unpaired) electrons. The van der Waals surface area contributed by atoms with Gasteiger partial charge in [-0.3, -0.25) is 4.79 Å². The van der Waals surface area contributed by atoms with Crippen LogP contribution in [0.3, 0.4) is 0 Å². The number of nitrogens with one attached hydrogen (secondary N) is 2. The molecule has 1 amide bonds. The summed E-state index contributed by atoms with van der Waals surface area (Å²) < 4.78 is 25.5. The van der Waals surface area contributed by atoms with Gasteiger partial charge in [-0.1, -0.05) is 42.2 Å². The van der Waals surface area contributed by atoms with Crippen LogP contribution in [0.25, 0.3) is 6.08 Å². The van der Waals surface area contributed by atoms with E-state index in [1.165, 1.54) is 25.3 Å². The molecule has 25 heavy (non-hydrogen) atoms. The van der Waals surface area contributed by atoms with Crippen LogP contribution in [0.2, 0.25) is 0 Å². The zero-order chi connectivity index (χ0) is 18.1. The summed E-state index contributed by atoms with van der Waals surface area (Å²) >= 11 is 0. The summed E-state index contributed by atoms with van der Waals surface area (Å²) in [7, 11) is -2.10. The molecule has 2 N–H and O–H groups in total. The van der Waals surface area contributed by atoms with Gasteiger partial charge in [0.25, 0.3) is 0 Å². The first kappa shape index (κ1) is 18.5. The van der Waals surface area contributed by atoms with E-state index in [0.717, 1.165) is 11.1 Å². The number of rotatable bonds is 5. The minimum Gasteiger partial charge on any atom is -0.342 e. The average molecular weight is 354 g/mol. The van der Waals surface area contributed by atoms with Gasteiger partial charge in [-0.05, 0) is 43.0 Å². The summed E-state index contributed by atoms with van der Waals surface area (Å²) in [6, 6.07) is 15.7. The third-order valence-corrected chi connectivity index (χ3v) is 4.67. The Morgan fingerprint density at radius 1 is 1.08 bits per heavy atom. The van der Waals surface area contributed by atoms with Crippen LogP contribution in [-0.2, 0) is 14.8 Å². The lowest BCUT2D eigenvalue weighted by Crippen LogP contribution is -2.20. The summed E-state index contributed by atoms with van der Waals surface area (Å²) in [4.78, 5) is 11.9.